The maximum Gasteiger partial charge on any atom is 0.324 e. The van der Waals surface area contributed by atoms with E-state index in [1.807, 2.05) is 41.5 Å². The second-order valence-electron chi connectivity index (χ2n) is 3.03. The van der Waals surface area contributed by atoms with E-state index in [9.17, 15) is 9.59 Å². The van der Waals surface area contributed by atoms with Gasteiger partial charge in [-0.1, -0.05) is 65.3 Å². The highest BCUT2D eigenvalue weighted by molar-refractivity contribution is 6.30. The van der Waals surface area contributed by atoms with Gasteiger partial charge in [-0.3, -0.25) is 9.59 Å². The van der Waals surface area contributed by atoms with Gasteiger partial charge in [-0.15, -0.1) is 0 Å². The molecular formula is C17H29ClO4. The van der Waals surface area contributed by atoms with E-state index < -0.39 is 17.9 Å². The summed E-state index contributed by atoms with van der Waals surface area (Å²) in [6.45, 7) is 12.0. The molecule has 0 aliphatic rings. The Hall–Kier alpha value is -1.55. The van der Waals surface area contributed by atoms with Crippen LogP contribution in [0.25, 0.3) is 0 Å². The van der Waals surface area contributed by atoms with Crippen LogP contribution in [0.15, 0.2) is 24.3 Å². The van der Waals surface area contributed by atoms with Crippen molar-refractivity contribution in [2.45, 2.75) is 47.5 Å². The lowest BCUT2D eigenvalue weighted by atomic mass is 9.99. The molecule has 128 valence electrons. The van der Waals surface area contributed by atoms with Crippen LogP contribution >= 0.6 is 11.6 Å². The SMILES string of the molecule is CC.CC.CC.COC(=O)C(C(=O)OC)c1ccc(Cl)cc1. The molecule has 0 heterocycles. The predicted octanol–water partition coefficient (Wildman–Crippen LogP) is 4.85. The number of rotatable bonds is 3. The molecule has 0 saturated carbocycles. The van der Waals surface area contributed by atoms with Crippen LogP contribution in [0.2, 0.25) is 5.02 Å². The molecule has 5 heteroatoms. The van der Waals surface area contributed by atoms with Crippen LogP contribution < -0.4 is 0 Å². The van der Waals surface area contributed by atoms with Gasteiger partial charge in [-0.25, -0.2) is 0 Å². The van der Waals surface area contributed by atoms with E-state index in [2.05, 4.69) is 9.47 Å². The second kappa shape index (κ2) is 17.5. The third-order valence-corrected chi connectivity index (χ3v) is 2.33. The van der Waals surface area contributed by atoms with E-state index in [4.69, 9.17) is 11.6 Å². The molecule has 0 aliphatic carbocycles. The molecule has 0 unspecified atom stereocenters. The monoisotopic (exact) mass is 332 g/mol. The predicted molar refractivity (Wildman–Crippen MR) is 92.3 cm³/mol. The van der Waals surface area contributed by atoms with Crippen LogP contribution in [0.5, 0.6) is 0 Å². The van der Waals surface area contributed by atoms with Gasteiger partial charge in [0.15, 0.2) is 5.92 Å². The molecule has 0 atom stereocenters. The number of hydrogen-bond donors (Lipinski definition) is 0. The summed E-state index contributed by atoms with van der Waals surface area (Å²) < 4.78 is 9.09. The standard InChI is InChI=1S/C11H11ClO4.3C2H6/c1-15-10(13)9(11(14)16-2)7-3-5-8(12)6-4-7;3*1-2/h3-6,9H,1-2H3;3*1-2H3. The van der Waals surface area contributed by atoms with E-state index in [0.717, 1.165) is 0 Å². The number of hydrogen-bond acceptors (Lipinski definition) is 4. The molecule has 22 heavy (non-hydrogen) atoms. The quantitative estimate of drug-likeness (QED) is 0.586. The molecule has 0 aliphatic heterocycles. The smallest absolute Gasteiger partial charge is 0.324 e. The number of benzene rings is 1. The Morgan fingerprint density at radius 1 is 0.818 bits per heavy atom. The molecule has 0 spiro atoms. The highest BCUT2D eigenvalue weighted by Crippen LogP contribution is 2.21. The van der Waals surface area contributed by atoms with E-state index in [0.29, 0.717) is 10.6 Å². The summed E-state index contributed by atoms with van der Waals surface area (Å²) >= 11 is 5.71. The summed E-state index contributed by atoms with van der Waals surface area (Å²) in [4.78, 5) is 22.9. The summed E-state index contributed by atoms with van der Waals surface area (Å²) in [5, 5.41) is 0.525. The number of methoxy groups -OCH3 is 2. The van der Waals surface area contributed by atoms with E-state index >= 15 is 0 Å². The number of carbonyl (C=O) groups is 2. The summed E-state index contributed by atoms with van der Waals surface area (Å²) in [6.07, 6.45) is 0. The summed E-state index contributed by atoms with van der Waals surface area (Å²) in [7, 11) is 2.43. The van der Waals surface area contributed by atoms with Crippen LogP contribution in [0.1, 0.15) is 53.0 Å². The van der Waals surface area contributed by atoms with E-state index in [1.54, 1.807) is 24.3 Å². The molecule has 0 amide bonds. The molecule has 1 aromatic rings. The molecule has 0 aromatic heterocycles. The molecular weight excluding hydrogens is 304 g/mol. The maximum atomic E-state index is 11.4. The molecule has 0 fully saturated rings. The average molecular weight is 333 g/mol. The second-order valence-corrected chi connectivity index (χ2v) is 3.47. The van der Waals surface area contributed by atoms with Crippen LogP contribution in [0.3, 0.4) is 0 Å². The van der Waals surface area contributed by atoms with Crippen molar-refractivity contribution in [3.8, 4) is 0 Å². The van der Waals surface area contributed by atoms with Crippen molar-refractivity contribution in [1.29, 1.82) is 0 Å². The van der Waals surface area contributed by atoms with Gasteiger partial charge >= 0.3 is 11.9 Å². The number of carbonyl (C=O) groups excluding carboxylic acids is 2. The molecule has 4 nitrogen and oxygen atoms in total. The largest absolute Gasteiger partial charge is 0.468 e. The van der Waals surface area contributed by atoms with Crippen molar-refractivity contribution in [2.75, 3.05) is 14.2 Å². The van der Waals surface area contributed by atoms with Gasteiger partial charge in [0.25, 0.3) is 0 Å². The summed E-state index contributed by atoms with van der Waals surface area (Å²) in [6, 6.07) is 6.35. The van der Waals surface area contributed by atoms with Crippen LogP contribution in [0.4, 0.5) is 0 Å². The van der Waals surface area contributed by atoms with E-state index in [1.165, 1.54) is 14.2 Å². The van der Waals surface area contributed by atoms with Gasteiger partial charge in [0, 0.05) is 5.02 Å². The highest BCUT2D eigenvalue weighted by Gasteiger charge is 2.30. The van der Waals surface area contributed by atoms with Crippen molar-refractivity contribution < 1.29 is 19.1 Å². The van der Waals surface area contributed by atoms with Crippen molar-refractivity contribution >= 4 is 23.5 Å². The minimum atomic E-state index is -1.06. The van der Waals surface area contributed by atoms with Crippen LogP contribution in [-0.4, -0.2) is 26.2 Å². The van der Waals surface area contributed by atoms with E-state index in [-0.39, 0.29) is 0 Å². The molecule has 0 saturated heterocycles. The van der Waals surface area contributed by atoms with Gasteiger partial charge in [-0.2, -0.15) is 0 Å². The Balaban J connectivity index is -0.000000535. The van der Waals surface area contributed by atoms with Crippen molar-refractivity contribution in [3.05, 3.63) is 34.9 Å². The number of halogens is 1. The third kappa shape index (κ3) is 9.40. The van der Waals surface area contributed by atoms with Gasteiger partial charge < -0.3 is 9.47 Å². The number of ether oxygens (including phenoxy) is 2. The zero-order chi connectivity index (χ0) is 18.1. The summed E-state index contributed by atoms with van der Waals surface area (Å²) in [5.74, 6) is -2.38. The topological polar surface area (TPSA) is 52.6 Å². The fourth-order valence-corrected chi connectivity index (χ4v) is 1.39. The fraction of sp³-hybridized carbons (Fsp3) is 0.529. The third-order valence-electron chi connectivity index (χ3n) is 2.08. The first-order valence-corrected chi connectivity index (χ1v) is 7.89. The van der Waals surface area contributed by atoms with Gasteiger partial charge in [0.05, 0.1) is 14.2 Å². The highest BCUT2D eigenvalue weighted by atomic mass is 35.5. The minimum Gasteiger partial charge on any atom is -0.468 e. The van der Waals surface area contributed by atoms with Gasteiger partial charge in [0.2, 0.25) is 0 Å². The summed E-state index contributed by atoms with van der Waals surface area (Å²) in [5.41, 5.74) is 0.489. The van der Waals surface area contributed by atoms with Crippen molar-refractivity contribution in [2.24, 2.45) is 0 Å². The lowest BCUT2D eigenvalue weighted by Gasteiger charge is -2.12. The fourth-order valence-electron chi connectivity index (χ4n) is 1.26. The molecule has 0 radical (unpaired) electrons. The maximum absolute atomic E-state index is 11.4. The Morgan fingerprint density at radius 2 is 1.14 bits per heavy atom. The lowest BCUT2D eigenvalue weighted by Crippen LogP contribution is -2.24. The van der Waals surface area contributed by atoms with Crippen LogP contribution in [0, 0.1) is 0 Å². The van der Waals surface area contributed by atoms with Crippen LogP contribution in [-0.2, 0) is 19.1 Å². The Morgan fingerprint density at radius 3 is 1.41 bits per heavy atom. The average Bonchev–Trinajstić information content (AvgIpc) is 2.61. The first-order chi connectivity index (χ1) is 10.6. The van der Waals surface area contributed by atoms with Crippen molar-refractivity contribution in [1.82, 2.24) is 0 Å². The lowest BCUT2D eigenvalue weighted by molar-refractivity contribution is -0.154. The molecule has 0 N–H and O–H groups in total. The molecule has 1 aromatic carbocycles. The molecule has 1 rings (SSSR count). The van der Waals surface area contributed by atoms with Gasteiger partial charge in [0.1, 0.15) is 0 Å². The Labute approximate surface area is 139 Å². The first kappa shape index (κ1) is 25.4. The first-order valence-electron chi connectivity index (χ1n) is 7.51. The Bertz CT molecular complexity index is 372. The normalized spacial score (nSPS) is 8.09. The number of esters is 2. The zero-order valence-corrected chi connectivity index (χ0v) is 15.7. The van der Waals surface area contributed by atoms with Gasteiger partial charge in [-0.05, 0) is 17.7 Å². The minimum absolute atomic E-state index is 0.489. The molecule has 0 bridgehead atoms. The Kier molecular flexibility index (Phi) is 20.2. The zero-order valence-electron chi connectivity index (χ0n) is 14.9. The van der Waals surface area contributed by atoms with Crippen molar-refractivity contribution in [3.63, 3.8) is 0 Å².